The highest BCUT2D eigenvalue weighted by Gasteiger charge is 2.37. The lowest BCUT2D eigenvalue weighted by Gasteiger charge is -2.20. The molecular weight excluding hydrogens is 233 g/mol. The zero-order valence-corrected chi connectivity index (χ0v) is 10.5. The summed E-state index contributed by atoms with van der Waals surface area (Å²) in [6.07, 6.45) is -0.301. The molecule has 0 fully saturated rings. The number of rotatable bonds is 7. The predicted octanol–water partition coefficient (Wildman–Crippen LogP) is 1.71. The van der Waals surface area contributed by atoms with Gasteiger partial charge < -0.3 is 13.8 Å². The number of ether oxygens (including phenoxy) is 1. The lowest BCUT2D eigenvalue weighted by atomic mass is 10.3. The number of nitriles is 1. The Hall–Kier alpha value is -0.890. The molecule has 0 aromatic carbocycles. The molecule has 0 saturated carbocycles. The largest absolute Gasteiger partial charge is 0.469 e. The summed E-state index contributed by atoms with van der Waals surface area (Å²) in [7, 11) is -2.36. The highest BCUT2D eigenvalue weighted by Crippen LogP contribution is 2.53. The smallest absolute Gasteiger partial charge is 0.348 e. The molecule has 16 heavy (non-hydrogen) atoms. The van der Waals surface area contributed by atoms with E-state index < -0.39 is 19.2 Å². The molecule has 6 nitrogen and oxygen atoms in total. The highest BCUT2D eigenvalue weighted by atomic mass is 31.2. The van der Waals surface area contributed by atoms with E-state index in [4.69, 9.17) is 14.3 Å². The van der Waals surface area contributed by atoms with Gasteiger partial charge in [0.2, 0.25) is 0 Å². The van der Waals surface area contributed by atoms with Gasteiger partial charge in [-0.25, -0.2) is 0 Å². The Labute approximate surface area is 95.0 Å². The van der Waals surface area contributed by atoms with Crippen LogP contribution < -0.4 is 0 Å². The van der Waals surface area contributed by atoms with E-state index in [0.717, 1.165) is 0 Å². The van der Waals surface area contributed by atoms with E-state index in [2.05, 4.69) is 4.74 Å². The van der Waals surface area contributed by atoms with E-state index in [1.54, 1.807) is 19.9 Å². The second-order valence-electron chi connectivity index (χ2n) is 2.80. The van der Waals surface area contributed by atoms with Crippen molar-refractivity contribution < 1.29 is 23.1 Å². The van der Waals surface area contributed by atoms with E-state index in [1.165, 1.54) is 7.11 Å². The fraction of sp³-hybridized carbons (Fsp3) is 0.778. The maximum atomic E-state index is 12.1. The molecule has 1 unspecified atom stereocenters. The topological polar surface area (TPSA) is 85.6 Å². The first kappa shape index (κ1) is 15.1. The van der Waals surface area contributed by atoms with E-state index in [1.807, 2.05) is 0 Å². The van der Waals surface area contributed by atoms with Crippen molar-refractivity contribution in [3.05, 3.63) is 0 Å². The molecular formula is C9H16NO5P. The second kappa shape index (κ2) is 7.39. The van der Waals surface area contributed by atoms with Crippen LogP contribution >= 0.6 is 7.60 Å². The first-order chi connectivity index (χ1) is 7.53. The Bertz CT molecular complexity index is 302. The Morgan fingerprint density at radius 3 is 2.19 bits per heavy atom. The zero-order valence-electron chi connectivity index (χ0n) is 9.63. The number of hydrogen-bond acceptors (Lipinski definition) is 6. The van der Waals surface area contributed by atoms with E-state index in [0.29, 0.717) is 0 Å². The SMILES string of the molecule is CCOP(=O)(OCC)C(C#N)CC(=O)OC. The number of carbonyl (C=O) groups is 1. The van der Waals surface area contributed by atoms with Crippen LogP contribution in [0.15, 0.2) is 0 Å². The van der Waals surface area contributed by atoms with Crippen molar-refractivity contribution in [2.75, 3.05) is 20.3 Å². The van der Waals surface area contributed by atoms with Crippen LogP contribution in [-0.2, 0) is 23.1 Å². The van der Waals surface area contributed by atoms with Gasteiger partial charge in [0.05, 0.1) is 32.8 Å². The zero-order chi connectivity index (χ0) is 12.6. The van der Waals surface area contributed by atoms with Crippen molar-refractivity contribution in [1.29, 1.82) is 5.26 Å². The lowest BCUT2D eigenvalue weighted by Crippen LogP contribution is -2.17. The summed E-state index contributed by atoms with van der Waals surface area (Å²) in [6, 6.07) is 1.76. The molecule has 0 aliphatic heterocycles. The Balaban J connectivity index is 4.79. The summed E-state index contributed by atoms with van der Waals surface area (Å²) in [5.74, 6) is -0.619. The highest BCUT2D eigenvalue weighted by molar-refractivity contribution is 7.55. The minimum Gasteiger partial charge on any atom is -0.469 e. The minimum absolute atomic E-state index is 0.149. The van der Waals surface area contributed by atoms with Gasteiger partial charge in [-0.1, -0.05) is 0 Å². The maximum absolute atomic E-state index is 12.1. The van der Waals surface area contributed by atoms with Gasteiger partial charge in [-0.2, -0.15) is 5.26 Å². The summed E-state index contributed by atoms with van der Waals surface area (Å²) in [4.78, 5) is 11.0. The number of nitrogens with zero attached hydrogens (tertiary/aromatic N) is 1. The molecule has 0 aromatic heterocycles. The van der Waals surface area contributed by atoms with Crippen molar-refractivity contribution in [2.45, 2.75) is 25.9 Å². The lowest BCUT2D eigenvalue weighted by molar-refractivity contribution is -0.140. The molecule has 0 N–H and O–H groups in total. The van der Waals surface area contributed by atoms with E-state index in [-0.39, 0.29) is 19.6 Å². The number of hydrogen-bond donors (Lipinski definition) is 0. The molecule has 7 heteroatoms. The first-order valence-corrected chi connectivity index (χ1v) is 6.50. The van der Waals surface area contributed by atoms with Gasteiger partial charge in [0, 0.05) is 0 Å². The molecule has 0 aliphatic rings. The quantitative estimate of drug-likeness (QED) is 0.504. The average molecular weight is 249 g/mol. The monoisotopic (exact) mass is 249 g/mol. The molecule has 92 valence electrons. The summed E-state index contributed by atoms with van der Waals surface area (Å²) in [6.45, 7) is 3.57. The third-order valence-electron chi connectivity index (χ3n) is 1.74. The third kappa shape index (κ3) is 4.31. The average Bonchev–Trinajstić information content (AvgIpc) is 2.25. The van der Waals surface area contributed by atoms with Crippen LogP contribution in [0.2, 0.25) is 0 Å². The van der Waals surface area contributed by atoms with Crippen LogP contribution in [0.4, 0.5) is 0 Å². The molecule has 0 aromatic rings. The molecule has 1 atom stereocenters. The summed E-state index contributed by atoms with van der Waals surface area (Å²) in [5.41, 5.74) is -1.13. The molecule has 0 heterocycles. The van der Waals surface area contributed by atoms with Crippen molar-refractivity contribution in [3.63, 3.8) is 0 Å². The number of carbonyl (C=O) groups excluding carboxylic acids is 1. The van der Waals surface area contributed by atoms with Gasteiger partial charge >= 0.3 is 13.6 Å². The first-order valence-electron chi connectivity index (χ1n) is 4.89. The Morgan fingerprint density at radius 2 is 1.88 bits per heavy atom. The summed E-state index contributed by atoms with van der Waals surface area (Å²) in [5, 5.41) is 8.87. The Morgan fingerprint density at radius 1 is 1.38 bits per heavy atom. The van der Waals surface area contributed by atoms with Crippen LogP contribution in [-0.4, -0.2) is 32.0 Å². The second-order valence-corrected chi connectivity index (χ2v) is 5.02. The molecule has 0 amide bonds. The molecule has 0 radical (unpaired) electrons. The fourth-order valence-corrected chi connectivity index (χ4v) is 2.71. The Kier molecular flexibility index (Phi) is 6.98. The van der Waals surface area contributed by atoms with Crippen LogP contribution in [0.25, 0.3) is 0 Å². The van der Waals surface area contributed by atoms with Crippen LogP contribution in [0.5, 0.6) is 0 Å². The molecule has 0 spiro atoms. The van der Waals surface area contributed by atoms with Crippen molar-refractivity contribution in [3.8, 4) is 6.07 Å². The standard InChI is InChI=1S/C9H16NO5P/c1-4-14-16(12,15-5-2)8(7-10)6-9(11)13-3/h8H,4-6H2,1-3H3. The van der Waals surface area contributed by atoms with Crippen LogP contribution in [0.1, 0.15) is 20.3 Å². The van der Waals surface area contributed by atoms with Gasteiger partial charge in [-0.3, -0.25) is 9.36 Å². The van der Waals surface area contributed by atoms with Crippen molar-refractivity contribution in [2.24, 2.45) is 0 Å². The minimum atomic E-state index is -3.56. The molecule has 0 saturated heterocycles. The van der Waals surface area contributed by atoms with Gasteiger partial charge in [0.15, 0.2) is 5.66 Å². The molecule has 0 aliphatic carbocycles. The fourth-order valence-electron chi connectivity index (χ4n) is 1.05. The van der Waals surface area contributed by atoms with Crippen molar-refractivity contribution >= 4 is 13.6 Å². The van der Waals surface area contributed by atoms with E-state index >= 15 is 0 Å². The van der Waals surface area contributed by atoms with Gasteiger partial charge in [-0.05, 0) is 13.8 Å². The van der Waals surface area contributed by atoms with Gasteiger partial charge in [0.1, 0.15) is 0 Å². The molecule has 0 bridgehead atoms. The summed E-state index contributed by atoms with van der Waals surface area (Å²) >= 11 is 0. The predicted molar refractivity (Wildman–Crippen MR) is 56.9 cm³/mol. The van der Waals surface area contributed by atoms with Gasteiger partial charge in [0.25, 0.3) is 0 Å². The van der Waals surface area contributed by atoms with Crippen LogP contribution in [0.3, 0.4) is 0 Å². The number of methoxy groups -OCH3 is 1. The normalized spacial score (nSPS) is 12.9. The van der Waals surface area contributed by atoms with Crippen LogP contribution in [0, 0.1) is 11.3 Å². The number of esters is 1. The maximum Gasteiger partial charge on any atom is 0.348 e. The summed E-state index contributed by atoms with van der Waals surface area (Å²) < 4.78 is 26.5. The van der Waals surface area contributed by atoms with Crippen molar-refractivity contribution in [1.82, 2.24) is 0 Å². The molecule has 0 rings (SSSR count). The van der Waals surface area contributed by atoms with E-state index in [9.17, 15) is 9.36 Å². The third-order valence-corrected chi connectivity index (χ3v) is 4.03. The van der Waals surface area contributed by atoms with Gasteiger partial charge in [-0.15, -0.1) is 0 Å².